The van der Waals surface area contributed by atoms with Gasteiger partial charge in [0, 0.05) is 6.20 Å². The predicted molar refractivity (Wildman–Crippen MR) is 56.9 cm³/mol. The average Bonchev–Trinajstić information content (AvgIpc) is 2.63. The number of aromatic amines is 1. The highest BCUT2D eigenvalue weighted by Gasteiger charge is 2.32. The first kappa shape index (κ1) is 12.2. The second kappa shape index (κ2) is 4.34. The molecule has 1 heterocycles. The van der Waals surface area contributed by atoms with Crippen molar-refractivity contribution in [3.8, 4) is 0 Å². The molecule has 6 heteroatoms. The van der Waals surface area contributed by atoms with E-state index in [9.17, 15) is 9.59 Å². The monoisotopic (exact) mass is 225 g/mol. The van der Waals surface area contributed by atoms with E-state index < -0.39 is 23.3 Å². The van der Waals surface area contributed by atoms with Crippen molar-refractivity contribution in [3.05, 3.63) is 18.0 Å². The number of carbonyl (C=O) groups excluding carboxylic acids is 1. The van der Waals surface area contributed by atoms with Crippen molar-refractivity contribution in [1.82, 2.24) is 15.5 Å². The molecule has 88 valence electrons. The first-order valence-electron chi connectivity index (χ1n) is 4.85. The van der Waals surface area contributed by atoms with Crippen LogP contribution in [0.2, 0.25) is 0 Å². The van der Waals surface area contributed by atoms with Gasteiger partial charge in [0.05, 0.1) is 11.8 Å². The van der Waals surface area contributed by atoms with Crippen molar-refractivity contribution in [2.24, 2.45) is 5.41 Å². The Bertz CT molecular complexity index is 379. The van der Waals surface area contributed by atoms with Crippen LogP contribution in [0.15, 0.2) is 12.4 Å². The molecule has 1 aromatic rings. The summed E-state index contributed by atoms with van der Waals surface area (Å²) < 4.78 is 0. The van der Waals surface area contributed by atoms with Crippen molar-refractivity contribution in [3.63, 3.8) is 0 Å². The molecule has 1 unspecified atom stereocenters. The van der Waals surface area contributed by atoms with E-state index in [1.54, 1.807) is 20.8 Å². The summed E-state index contributed by atoms with van der Waals surface area (Å²) in [5.74, 6) is -1.50. The van der Waals surface area contributed by atoms with Gasteiger partial charge in [-0.3, -0.25) is 9.89 Å². The minimum absolute atomic E-state index is 0.315. The molecule has 1 aromatic heterocycles. The molecule has 0 spiro atoms. The van der Waals surface area contributed by atoms with Gasteiger partial charge in [-0.05, 0) is 5.41 Å². The zero-order valence-electron chi connectivity index (χ0n) is 9.44. The molecule has 0 bridgehead atoms. The summed E-state index contributed by atoms with van der Waals surface area (Å²) in [7, 11) is 0. The molecule has 1 rings (SSSR count). The highest BCUT2D eigenvalue weighted by molar-refractivity contribution is 5.96. The summed E-state index contributed by atoms with van der Waals surface area (Å²) in [6.45, 7) is 5.25. The number of carboxylic acid groups (broad SMARTS) is 1. The molecule has 0 fully saturated rings. The molecule has 6 nitrogen and oxygen atoms in total. The summed E-state index contributed by atoms with van der Waals surface area (Å²) in [5.41, 5.74) is -0.235. The molecular weight excluding hydrogens is 210 g/mol. The predicted octanol–water partition coefficient (Wildman–Crippen LogP) is 0.639. The van der Waals surface area contributed by atoms with Crippen LogP contribution in [0.25, 0.3) is 0 Å². The molecule has 16 heavy (non-hydrogen) atoms. The van der Waals surface area contributed by atoms with E-state index in [1.165, 1.54) is 12.4 Å². The Hall–Kier alpha value is -1.85. The summed E-state index contributed by atoms with van der Waals surface area (Å²) >= 11 is 0. The molecule has 0 aliphatic carbocycles. The first-order chi connectivity index (χ1) is 7.32. The normalized spacial score (nSPS) is 13.2. The van der Waals surface area contributed by atoms with E-state index >= 15 is 0 Å². The van der Waals surface area contributed by atoms with Crippen LogP contribution in [-0.4, -0.2) is 33.2 Å². The van der Waals surface area contributed by atoms with Gasteiger partial charge in [-0.25, -0.2) is 4.79 Å². The van der Waals surface area contributed by atoms with Crippen LogP contribution >= 0.6 is 0 Å². The zero-order chi connectivity index (χ0) is 12.3. The number of aromatic nitrogens is 2. The Morgan fingerprint density at radius 1 is 1.50 bits per heavy atom. The summed E-state index contributed by atoms with van der Waals surface area (Å²) in [6.07, 6.45) is 2.76. The third kappa shape index (κ3) is 2.82. The highest BCUT2D eigenvalue weighted by Crippen LogP contribution is 2.19. The molecule has 1 amide bonds. The van der Waals surface area contributed by atoms with E-state index in [0.717, 1.165) is 0 Å². The second-order valence-electron chi connectivity index (χ2n) is 4.60. The molecule has 0 aliphatic heterocycles. The van der Waals surface area contributed by atoms with Gasteiger partial charge in [0.25, 0.3) is 5.91 Å². The van der Waals surface area contributed by atoms with E-state index in [0.29, 0.717) is 5.56 Å². The fraction of sp³-hybridized carbons (Fsp3) is 0.500. The maximum Gasteiger partial charge on any atom is 0.326 e. The maximum atomic E-state index is 11.6. The van der Waals surface area contributed by atoms with Gasteiger partial charge >= 0.3 is 5.97 Å². The summed E-state index contributed by atoms with van der Waals surface area (Å²) in [6, 6.07) is -0.935. The molecule has 0 aromatic carbocycles. The molecule has 1 atom stereocenters. The van der Waals surface area contributed by atoms with Crippen molar-refractivity contribution in [1.29, 1.82) is 0 Å². The largest absolute Gasteiger partial charge is 0.480 e. The van der Waals surface area contributed by atoms with Crippen LogP contribution in [0.1, 0.15) is 31.1 Å². The number of H-pyrrole nitrogens is 1. The van der Waals surface area contributed by atoms with E-state index in [-0.39, 0.29) is 0 Å². The quantitative estimate of drug-likeness (QED) is 0.703. The molecular formula is C10H15N3O3. The first-order valence-corrected chi connectivity index (χ1v) is 4.85. The van der Waals surface area contributed by atoms with E-state index in [2.05, 4.69) is 15.5 Å². The third-order valence-corrected chi connectivity index (χ3v) is 2.15. The van der Waals surface area contributed by atoms with Crippen LogP contribution < -0.4 is 5.32 Å². The van der Waals surface area contributed by atoms with Gasteiger partial charge in [0.2, 0.25) is 0 Å². The van der Waals surface area contributed by atoms with Crippen molar-refractivity contribution in [2.75, 3.05) is 0 Å². The summed E-state index contributed by atoms with van der Waals surface area (Å²) in [4.78, 5) is 22.6. The summed E-state index contributed by atoms with van der Waals surface area (Å²) in [5, 5.41) is 17.6. The number of rotatable bonds is 3. The van der Waals surface area contributed by atoms with Gasteiger partial charge in [-0.1, -0.05) is 20.8 Å². The van der Waals surface area contributed by atoms with E-state index in [4.69, 9.17) is 5.11 Å². The van der Waals surface area contributed by atoms with Crippen molar-refractivity contribution in [2.45, 2.75) is 26.8 Å². The van der Waals surface area contributed by atoms with Crippen molar-refractivity contribution >= 4 is 11.9 Å². The van der Waals surface area contributed by atoms with Gasteiger partial charge in [0.15, 0.2) is 0 Å². The lowest BCUT2D eigenvalue weighted by atomic mass is 9.86. The molecule has 0 saturated heterocycles. The van der Waals surface area contributed by atoms with Gasteiger partial charge in [0.1, 0.15) is 6.04 Å². The Labute approximate surface area is 93.1 Å². The number of aliphatic carboxylic acids is 1. The standard InChI is InChI=1S/C10H15N3O3/c1-10(2,3)7(9(15)16)13-8(14)6-4-11-12-5-6/h4-5,7H,1-3H3,(H,11,12)(H,13,14)(H,15,16). The second-order valence-corrected chi connectivity index (χ2v) is 4.60. The van der Waals surface area contributed by atoms with Crippen LogP contribution in [0.3, 0.4) is 0 Å². The SMILES string of the molecule is CC(C)(C)C(NC(=O)c1cn[nH]c1)C(=O)O. The number of amides is 1. The Kier molecular flexibility index (Phi) is 3.31. The fourth-order valence-electron chi connectivity index (χ4n) is 1.24. The van der Waals surface area contributed by atoms with Crippen LogP contribution in [0.4, 0.5) is 0 Å². The smallest absolute Gasteiger partial charge is 0.326 e. The molecule has 0 radical (unpaired) electrons. The zero-order valence-corrected chi connectivity index (χ0v) is 9.44. The number of carbonyl (C=O) groups is 2. The lowest BCUT2D eigenvalue weighted by molar-refractivity contribution is -0.142. The lowest BCUT2D eigenvalue weighted by Crippen LogP contribution is -2.49. The van der Waals surface area contributed by atoms with E-state index in [1.807, 2.05) is 0 Å². The van der Waals surface area contributed by atoms with Gasteiger partial charge in [-0.15, -0.1) is 0 Å². The Morgan fingerprint density at radius 2 is 2.12 bits per heavy atom. The number of hydrogen-bond donors (Lipinski definition) is 3. The highest BCUT2D eigenvalue weighted by atomic mass is 16.4. The average molecular weight is 225 g/mol. The van der Waals surface area contributed by atoms with Crippen LogP contribution in [0.5, 0.6) is 0 Å². The Morgan fingerprint density at radius 3 is 2.50 bits per heavy atom. The number of nitrogens with one attached hydrogen (secondary N) is 2. The number of nitrogens with zero attached hydrogens (tertiary/aromatic N) is 1. The minimum Gasteiger partial charge on any atom is -0.480 e. The number of hydrogen-bond acceptors (Lipinski definition) is 3. The van der Waals surface area contributed by atoms with Gasteiger partial charge in [-0.2, -0.15) is 5.10 Å². The molecule has 0 saturated carbocycles. The Balaban J connectivity index is 2.78. The fourth-order valence-corrected chi connectivity index (χ4v) is 1.24. The van der Waals surface area contributed by atoms with Crippen LogP contribution in [-0.2, 0) is 4.79 Å². The third-order valence-electron chi connectivity index (χ3n) is 2.15. The van der Waals surface area contributed by atoms with Gasteiger partial charge < -0.3 is 10.4 Å². The minimum atomic E-state index is -1.05. The number of carboxylic acids is 1. The van der Waals surface area contributed by atoms with Crippen molar-refractivity contribution < 1.29 is 14.7 Å². The molecule has 3 N–H and O–H groups in total. The lowest BCUT2D eigenvalue weighted by Gasteiger charge is -2.27. The topological polar surface area (TPSA) is 95.1 Å². The van der Waals surface area contributed by atoms with Crippen LogP contribution in [0, 0.1) is 5.41 Å². The molecule has 0 aliphatic rings. The maximum absolute atomic E-state index is 11.6.